The Hall–Kier alpha value is -1.69. The Labute approximate surface area is 105 Å². The van der Waals surface area contributed by atoms with Gasteiger partial charge in [-0.25, -0.2) is 9.18 Å². The second-order valence-corrected chi connectivity index (χ2v) is 4.19. The lowest BCUT2D eigenvalue weighted by atomic mass is 10.1. The lowest BCUT2D eigenvalue weighted by Crippen LogP contribution is -2.38. The summed E-state index contributed by atoms with van der Waals surface area (Å²) in [5, 5.41) is 5.29. The van der Waals surface area contributed by atoms with E-state index >= 15 is 0 Å². The summed E-state index contributed by atoms with van der Waals surface area (Å²) < 4.78 is 18.6. The number of rotatable bonds is 2. The molecule has 0 aliphatic carbocycles. The Bertz CT molecular complexity index is 406. The average Bonchev–Trinajstić information content (AvgIpc) is 2.61. The van der Waals surface area contributed by atoms with E-state index in [9.17, 15) is 9.18 Å². The summed E-state index contributed by atoms with van der Waals surface area (Å²) in [6.45, 7) is 1.38. The van der Waals surface area contributed by atoms with Crippen LogP contribution in [-0.2, 0) is 4.74 Å². The van der Waals surface area contributed by atoms with Gasteiger partial charge in [-0.1, -0.05) is 0 Å². The molecule has 2 N–H and O–H groups in total. The van der Waals surface area contributed by atoms with Crippen molar-refractivity contribution < 1.29 is 13.9 Å². The molecule has 0 aromatic carbocycles. The molecule has 1 saturated heterocycles. The molecule has 0 spiro atoms. The van der Waals surface area contributed by atoms with Gasteiger partial charge in [-0.15, -0.1) is 0 Å². The first kappa shape index (κ1) is 12.8. The number of carbonyl (C=O) groups excluding carboxylic acids is 1. The van der Waals surface area contributed by atoms with Crippen LogP contribution < -0.4 is 10.6 Å². The molecule has 1 aliphatic rings. The van der Waals surface area contributed by atoms with Gasteiger partial charge in [0.25, 0.3) is 0 Å². The summed E-state index contributed by atoms with van der Waals surface area (Å²) in [7, 11) is 0. The molecule has 1 aliphatic heterocycles. The second kappa shape index (κ2) is 6.30. The molecule has 18 heavy (non-hydrogen) atoms. The van der Waals surface area contributed by atoms with Crippen molar-refractivity contribution >= 4 is 11.7 Å². The highest BCUT2D eigenvalue weighted by molar-refractivity contribution is 5.89. The molecule has 1 atom stereocenters. The lowest BCUT2D eigenvalue weighted by molar-refractivity contribution is 0.143. The fourth-order valence-electron chi connectivity index (χ4n) is 1.87. The van der Waals surface area contributed by atoms with Gasteiger partial charge >= 0.3 is 6.03 Å². The molecule has 0 saturated carbocycles. The van der Waals surface area contributed by atoms with E-state index in [4.69, 9.17) is 4.74 Å². The van der Waals surface area contributed by atoms with Gasteiger partial charge in [-0.3, -0.25) is 4.98 Å². The molecule has 6 heteroatoms. The van der Waals surface area contributed by atoms with Crippen molar-refractivity contribution in [2.75, 3.05) is 18.5 Å². The number of anilines is 1. The minimum absolute atomic E-state index is 0.0809. The first-order valence-electron chi connectivity index (χ1n) is 6.00. The van der Waals surface area contributed by atoms with Crippen LogP contribution in [0.25, 0.3) is 0 Å². The smallest absolute Gasteiger partial charge is 0.319 e. The highest BCUT2D eigenvalue weighted by Crippen LogP contribution is 2.12. The Kier molecular flexibility index (Phi) is 4.46. The first-order valence-corrected chi connectivity index (χ1v) is 6.00. The number of hydrogen-bond acceptors (Lipinski definition) is 3. The molecule has 5 nitrogen and oxygen atoms in total. The number of amides is 2. The summed E-state index contributed by atoms with van der Waals surface area (Å²) in [5.41, 5.74) is 0.132. The third-order valence-electron chi connectivity index (χ3n) is 2.81. The van der Waals surface area contributed by atoms with Gasteiger partial charge in [0.15, 0.2) is 5.82 Å². The topological polar surface area (TPSA) is 63.2 Å². The number of halogens is 1. The molecule has 2 heterocycles. The number of pyridine rings is 1. The number of nitrogens with one attached hydrogen (secondary N) is 2. The monoisotopic (exact) mass is 253 g/mol. The fraction of sp³-hybridized carbons (Fsp3) is 0.500. The highest BCUT2D eigenvalue weighted by atomic mass is 19.1. The van der Waals surface area contributed by atoms with Crippen molar-refractivity contribution in [1.82, 2.24) is 10.3 Å². The molecule has 1 fully saturated rings. The molecule has 1 aromatic rings. The van der Waals surface area contributed by atoms with Crippen LogP contribution in [0.4, 0.5) is 14.9 Å². The summed E-state index contributed by atoms with van der Waals surface area (Å²) in [5.74, 6) is -0.545. The third kappa shape index (κ3) is 3.66. The molecule has 0 radical (unpaired) electrons. The minimum Gasteiger partial charge on any atom is -0.381 e. The van der Waals surface area contributed by atoms with Crippen molar-refractivity contribution in [3.8, 4) is 0 Å². The lowest BCUT2D eigenvalue weighted by Gasteiger charge is -2.16. The van der Waals surface area contributed by atoms with Crippen LogP contribution in [0.5, 0.6) is 0 Å². The molecular formula is C12H16FN3O2. The SMILES string of the molecule is O=C(Nc1ccncc1F)N[C@H]1CCCOCC1. The Morgan fingerprint density at radius 2 is 2.33 bits per heavy atom. The van der Waals surface area contributed by atoms with Crippen molar-refractivity contribution in [2.45, 2.75) is 25.3 Å². The summed E-state index contributed by atoms with van der Waals surface area (Å²) >= 11 is 0. The van der Waals surface area contributed by atoms with Crippen molar-refractivity contribution in [1.29, 1.82) is 0 Å². The standard InChI is InChI=1S/C12H16FN3O2/c13-10-8-14-5-3-11(10)16-12(17)15-9-2-1-6-18-7-4-9/h3,5,8-9H,1-2,4,6-7H2,(H2,14,15,16,17)/t9-/m0/s1. The van der Waals surface area contributed by atoms with Crippen LogP contribution in [0.2, 0.25) is 0 Å². The van der Waals surface area contributed by atoms with Crippen LogP contribution in [0.1, 0.15) is 19.3 Å². The molecule has 98 valence electrons. The summed E-state index contributed by atoms with van der Waals surface area (Å²) in [4.78, 5) is 15.3. The van der Waals surface area contributed by atoms with Gasteiger partial charge in [0.05, 0.1) is 11.9 Å². The van der Waals surface area contributed by atoms with E-state index in [2.05, 4.69) is 15.6 Å². The zero-order valence-electron chi connectivity index (χ0n) is 9.99. The van der Waals surface area contributed by atoms with Crippen LogP contribution in [-0.4, -0.2) is 30.3 Å². The number of urea groups is 1. The highest BCUT2D eigenvalue weighted by Gasteiger charge is 2.15. The van der Waals surface area contributed by atoms with Crippen LogP contribution in [0, 0.1) is 5.82 Å². The molecule has 1 aromatic heterocycles. The number of aromatic nitrogens is 1. The van der Waals surface area contributed by atoms with Crippen LogP contribution in [0.15, 0.2) is 18.5 Å². The fourth-order valence-corrected chi connectivity index (χ4v) is 1.87. The largest absolute Gasteiger partial charge is 0.381 e. The Balaban J connectivity index is 1.86. The maximum atomic E-state index is 13.3. The van der Waals surface area contributed by atoms with Gasteiger partial charge in [-0.05, 0) is 25.3 Å². The Morgan fingerprint density at radius 3 is 3.17 bits per heavy atom. The maximum Gasteiger partial charge on any atom is 0.319 e. The summed E-state index contributed by atoms with van der Waals surface area (Å²) in [6.07, 6.45) is 5.08. The average molecular weight is 253 g/mol. The number of carbonyl (C=O) groups is 1. The van der Waals surface area contributed by atoms with E-state index < -0.39 is 11.8 Å². The molecular weight excluding hydrogens is 237 g/mol. The van der Waals surface area contributed by atoms with E-state index in [0.717, 1.165) is 32.1 Å². The normalized spacial score (nSPS) is 19.9. The minimum atomic E-state index is -0.545. The second-order valence-electron chi connectivity index (χ2n) is 4.19. The quantitative estimate of drug-likeness (QED) is 0.846. The van der Waals surface area contributed by atoms with E-state index in [0.29, 0.717) is 6.61 Å². The van der Waals surface area contributed by atoms with Crippen LogP contribution in [0.3, 0.4) is 0 Å². The van der Waals surface area contributed by atoms with E-state index in [1.165, 1.54) is 12.3 Å². The molecule has 2 amide bonds. The van der Waals surface area contributed by atoms with Crippen LogP contribution >= 0.6 is 0 Å². The number of hydrogen-bond donors (Lipinski definition) is 2. The maximum absolute atomic E-state index is 13.3. The number of nitrogens with zero attached hydrogens (tertiary/aromatic N) is 1. The Morgan fingerprint density at radius 1 is 1.44 bits per heavy atom. The first-order chi connectivity index (χ1) is 8.75. The summed E-state index contributed by atoms with van der Waals surface area (Å²) in [6, 6.07) is 1.11. The zero-order chi connectivity index (χ0) is 12.8. The number of ether oxygens (including phenoxy) is 1. The molecule has 0 unspecified atom stereocenters. The van der Waals surface area contributed by atoms with Crippen molar-refractivity contribution in [3.05, 3.63) is 24.3 Å². The van der Waals surface area contributed by atoms with Gasteiger partial charge in [0, 0.05) is 25.5 Å². The van der Waals surface area contributed by atoms with E-state index in [1.54, 1.807) is 0 Å². The molecule has 0 bridgehead atoms. The third-order valence-corrected chi connectivity index (χ3v) is 2.81. The predicted molar refractivity (Wildman–Crippen MR) is 64.8 cm³/mol. The van der Waals surface area contributed by atoms with E-state index in [-0.39, 0.29) is 11.7 Å². The van der Waals surface area contributed by atoms with Gasteiger partial charge in [0.1, 0.15) is 0 Å². The van der Waals surface area contributed by atoms with Crippen molar-refractivity contribution in [3.63, 3.8) is 0 Å². The van der Waals surface area contributed by atoms with E-state index in [1.807, 2.05) is 0 Å². The zero-order valence-corrected chi connectivity index (χ0v) is 9.99. The molecule has 2 rings (SSSR count). The van der Waals surface area contributed by atoms with Gasteiger partial charge in [0.2, 0.25) is 0 Å². The van der Waals surface area contributed by atoms with Crippen molar-refractivity contribution in [2.24, 2.45) is 0 Å². The van der Waals surface area contributed by atoms with Gasteiger partial charge < -0.3 is 15.4 Å². The van der Waals surface area contributed by atoms with Gasteiger partial charge in [-0.2, -0.15) is 0 Å². The predicted octanol–water partition coefficient (Wildman–Crippen LogP) is 1.91.